The predicted octanol–water partition coefficient (Wildman–Crippen LogP) is -0.845. The Morgan fingerprint density at radius 1 is 1.21 bits per heavy atom. The van der Waals surface area contributed by atoms with Crippen molar-refractivity contribution >= 4 is 17.8 Å². The van der Waals surface area contributed by atoms with Gasteiger partial charge >= 0.3 is 5.97 Å². The van der Waals surface area contributed by atoms with Crippen LogP contribution in [0.25, 0.3) is 0 Å². The molecule has 0 unspecified atom stereocenters. The number of nitrogens with one attached hydrogen (secondary N) is 2. The van der Waals surface area contributed by atoms with Crippen LogP contribution in [0, 0.1) is 5.92 Å². The summed E-state index contributed by atoms with van der Waals surface area (Å²) in [4.78, 5) is 33.8. The number of amides is 2. The zero-order valence-electron chi connectivity index (χ0n) is 11.7. The number of ether oxygens (including phenoxy) is 1. The fraction of sp³-hybridized carbons (Fsp3) is 0.750. The van der Waals surface area contributed by atoms with Crippen molar-refractivity contribution in [2.45, 2.75) is 33.2 Å². The standard InChI is InChI=1S/C12H23N3O4/c1-4-19-10(17)5-6-14-9(16)7-15-12(18)11(13)8(2)3/h8,11H,4-7,13H2,1-3H3,(H,14,16)(H,15,18)/t11-/m0/s1. The second-order valence-corrected chi connectivity index (χ2v) is 4.39. The molecule has 19 heavy (non-hydrogen) atoms. The van der Waals surface area contributed by atoms with Gasteiger partial charge in [0.05, 0.1) is 25.6 Å². The smallest absolute Gasteiger partial charge is 0.307 e. The van der Waals surface area contributed by atoms with Gasteiger partial charge in [0.2, 0.25) is 11.8 Å². The first-order valence-electron chi connectivity index (χ1n) is 6.34. The fourth-order valence-corrected chi connectivity index (χ4v) is 1.19. The zero-order valence-corrected chi connectivity index (χ0v) is 11.7. The molecule has 0 aromatic heterocycles. The molecule has 0 aliphatic rings. The van der Waals surface area contributed by atoms with Gasteiger partial charge in [0.25, 0.3) is 0 Å². The van der Waals surface area contributed by atoms with Gasteiger partial charge in [-0.2, -0.15) is 0 Å². The van der Waals surface area contributed by atoms with Crippen LogP contribution in [0.3, 0.4) is 0 Å². The van der Waals surface area contributed by atoms with Crippen LogP contribution in [0.2, 0.25) is 0 Å². The average Bonchev–Trinajstić information content (AvgIpc) is 2.35. The van der Waals surface area contributed by atoms with E-state index in [1.54, 1.807) is 6.92 Å². The molecule has 0 saturated carbocycles. The quantitative estimate of drug-likeness (QED) is 0.499. The van der Waals surface area contributed by atoms with Gasteiger partial charge in [0.15, 0.2) is 0 Å². The van der Waals surface area contributed by atoms with Crippen molar-refractivity contribution in [1.82, 2.24) is 10.6 Å². The van der Waals surface area contributed by atoms with Gasteiger partial charge in [-0.25, -0.2) is 0 Å². The Hall–Kier alpha value is -1.63. The van der Waals surface area contributed by atoms with Crippen molar-refractivity contribution in [3.05, 3.63) is 0 Å². The Labute approximate surface area is 113 Å². The third kappa shape index (κ3) is 8.15. The van der Waals surface area contributed by atoms with Gasteiger partial charge in [0, 0.05) is 6.54 Å². The maximum Gasteiger partial charge on any atom is 0.307 e. The highest BCUT2D eigenvalue weighted by molar-refractivity contribution is 5.87. The molecule has 2 amide bonds. The minimum atomic E-state index is -0.632. The van der Waals surface area contributed by atoms with Crippen molar-refractivity contribution in [3.63, 3.8) is 0 Å². The SMILES string of the molecule is CCOC(=O)CCNC(=O)CNC(=O)[C@@H](N)C(C)C. The molecule has 1 atom stereocenters. The summed E-state index contributed by atoms with van der Waals surface area (Å²) in [7, 11) is 0. The highest BCUT2D eigenvalue weighted by atomic mass is 16.5. The van der Waals surface area contributed by atoms with E-state index in [1.807, 2.05) is 13.8 Å². The Morgan fingerprint density at radius 3 is 2.37 bits per heavy atom. The van der Waals surface area contributed by atoms with Gasteiger partial charge in [-0.3, -0.25) is 14.4 Å². The largest absolute Gasteiger partial charge is 0.466 e. The Balaban J connectivity index is 3.76. The van der Waals surface area contributed by atoms with Gasteiger partial charge in [-0.05, 0) is 12.8 Å². The lowest BCUT2D eigenvalue weighted by molar-refractivity contribution is -0.143. The van der Waals surface area contributed by atoms with Crippen LogP contribution in [0.1, 0.15) is 27.2 Å². The predicted molar refractivity (Wildman–Crippen MR) is 70.1 cm³/mol. The molecule has 7 nitrogen and oxygen atoms in total. The molecular weight excluding hydrogens is 250 g/mol. The normalized spacial score (nSPS) is 11.8. The Kier molecular flexibility index (Phi) is 8.52. The molecular formula is C12H23N3O4. The third-order valence-electron chi connectivity index (χ3n) is 2.40. The van der Waals surface area contributed by atoms with Crippen molar-refractivity contribution in [2.24, 2.45) is 11.7 Å². The lowest BCUT2D eigenvalue weighted by Gasteiger charge is -2.15. The summed E-state index contributed by atoms with van der Waals surface area (Å²) >= 11 is 0. The molecule has 0 bridgehead atoms. The van der Waals surface area contributed by atoms with Gasteiger partial charge < -0.3 is 21.1 Å². The van der Waals surface area contributed by atoms with Crippen LogP contribution in [-0.2, 0) is 19.1 Å². The maximum absolute atomic E-state index is 11.5. The summed E-state index contributed by atoms with van der Waals surface area (Å²) in [6.07, 6.45) is 0.110. The van der Waals surface area contributed by atoms with Gasteiger partial charge in [-0.15, -0.1) is 0 Å². The lowest BCUT2D eigenvalue weighted by atomic mass is 10.1. The number of carbonyl (C=O) groups excluding carboxylic acids is 3. The first-order chi connectivity index (χ1) is 8.88. The van der Waals surface area contributed by atoms with E-state index in [1.165, 1.54) is 0 Å². The number of esters is 1. The van der Waals surface area contributed by atoms with Crippen LogP contribution < -0.4 is 16.4 Å². The molecule has 0 aliphatic heterocycles. The average molecular weight is 273 g/mol. The minimum Gasteiger partial charge on any atom is -0.466 e. The monoisotopic (exact) mass is 273 g/mol. The van der Waals surface area contributed by atoms with E-state index in [4.69, 9.17) is 10.5 Å². The third-order valence-corrected chi connectivity index (χ3v) is 2.40. The molecule has 0 aromatic rings. The molecule has 0 rings (SSSR count). The number of carbonyl (C=O) groups is 3. The second kappa shape index (κ2) is 9.32. The number of hydrogen-bond acceptors (Lipinski definition) is 5. The first-order valence-corrected chi connectivity index (χ1v) is 6.34. The minimum absolute atomic E-state index is 0.00637. The number of nitrogens with two attached hydrogens (primary N) is 1. The van der Waals surface area contributed by atoms with Gasteiger partial charge in [0.1, 0.15) is 0 Å². The molecule has 0 saturated heterocycles. The zero-order chi connectivity index (χ0) is 14.8. The van der Waals surface area contributed by atoms with E-state index in [0.29, 0.717) is 6.61 Å². The summed E-state index contributed by atoms with van der Waals surface area (Å²) in [6, 6.07) is -0.632. The van der Waals surface area contributed by atoms with Crippen molar-refractivity contribution in [3.8, 4) is 0 Å². The number of hydrogen-bond donors (Lipinski definition) is 3. The van der Waals surface area contributed by atoms with Crippen LogP contribution in [0.5, 0.6) is 0 Å². The lowest BCUT2D eigenvalue weighted by Crippen LogP contribution is -2.47. The fourth-order valence-electron chi connectivity index (χ4n) is 1.19. The summed E-state index contributed by atoms with van der Waals surface area (Å²) in [5, 5.41) is 4.93. The molecule has 0 radical (unpaired) electrons. The van der Waals surface area contributed by atoms with Crippen LogP contribution in [0.15, 0.2) is 0 Å². The van der Waals surface area contributed by atoms with Crippen LogP contribution in [0.4, 0.5) is 0 Å². The summed E-state index contributed by atoms with van der Waals surface area (Å²) in [5.41, 5.74) is 5.61. The molecule has 0 spiro atoms. The topological polar surface area (TPSA) is 111 Å². The second-order valence-electron chi connectivity index (χ2n) is 4.39. The van der Waals surface area contributed by atoms with E-state index in [9.17, 15) is 14.4 Å². The summed E-state index contributed by atoms with van der Waals surface area (Å²) in [5.74, 6) is -1.09. The van der Waals surface area contributed by atoms with Crippen LogP contribution in [-0.4, -0.2) is 43.5 Å². The number of rotatable bonds is 8. The van der Waals surface area contributed by atoms with Crippen molar-refractivity contribution < 1.29 is 19.1 Å². The summed E-state index contributed by atoms with van der Waals surface area (Å²) in [6.45, 7) is 5.71. The molecule has 110 valence electrons. The van der Waals surface area contributed by atoms with E-state index < -0.39 is 6.04 Å². The van der Waals surface area contributed by atoms with Crippen molar-refractivity contribution in [2.75, 3.05) is 19.7 Å². The molecule has 7 heteroatoms. The maximum atomic E-state index is 11.5. The van der Waals surface area contributed by atoms with E-state index >= 15 is 0 Å². The molecule has 0 fully saturated rings. The van der Waals surface area contributed by atoms with Crippen molar-refractivity contribution in [1.29, 1.82) is 0 Å². The van der Waals surface area contributed by atoms with Gasteiger partial charge in [-0.1, -0.05) is 13.8 Å². The molecule has 0 aliphatic carbocycles. The van der Waals surface area contributed by atoms with Crippen LogP contribution >= 0.6 is 0 Å². The Morgan fingerprint density at radius 2 is 1.84 bits per heavy atom. The highest BCUT2D eigenvalue weighted by Gasteiger charge is 2.17. The highest BCUT2D eigenvalue weighted by Crippen LogP contribution is 1.97. The first kappa shape index (κ1) is 17.4. The molecule has 0 heterocycles. The molecule has 4 N–H and O–H groups in total. The molecule has 0 aromatic carbocycles. The van der Waals surface area contributed by atoms with E-state index in [2.05, 4.69) is 10.6 Å². The Bertz CT molecular complexity index is 318. The van der Waals surface area contributed by atoms with E-state index in [-0.39, 0.29) is 43.2 Å². The van der Waals surface area contributed by atoms with E-state index in [0.717, 1.165) is 0 Å². The summed E-state index contributed by atoms with van der Waals surface area (Å²) < 4.78 is 4.70.